The van der Waals surface area contributed by atoms with E-state index >= 15 is 0 Å². The van der Waals surface area contributed by atoms with Crippen molar-refractivity contribution in [3.8, 4) is 0 Å². The fourth-order valence-corrected chi connectivity index (χ4v) is 3.22. The molecule has 1 aliphatic rings. The molecule has 0 aliphatic heterocycles. The Morgan fingerprint density at radius 3 is 2.60 bits per heavy atom. The van der Waals surface area contributed by atoms with Gasteiger partial charge in [-0.15, -0.1) is 0 Å². The summed E-state index contributed by atoms with van der Waals surface area (Å²) in [5.74, 6) is 0. The number of hydrogen-bond acceptors (Lipinski definition) is 2. The van der Waals surface area contributed by atoms with E-state index in [-0.39, 0.29) is 0 Å². The molecule has 3 rings (SSSR count). The Balaban J connectivity index is 2.00. The Morgan fingerprint density at radius 2 is 1.88 bits per heavy atom. The maximum absolute atomic E-state index is 4.71. The van der Waals surface area contributed by atoms with Gasteiger partial charge in [0, 0.05) is 24.5 Å². The molecule has 128 valence electrons. The lowest BCUT2D eigenvalue weighted by Crippen LogP contribution is -2.14. The molecule has 0 aromatic heterocycles. The molecule has 2 nitrogen and oxygen atoms in total. The second-order valence-corrected chi connectivity index (χ2v) is 6.37. The van der Waals surface area contributed by atoms with Crippen LogP contribution in [0.1, 0.15) is 37.3 Å². The maximum atomic E-state index is 4.71. The number of nitrogens with zero attached hydrogens (tertiary/aromatic N) is 2. The molecular weight excluding hydrogens is 304 g/mol. The van der Waals surface area contributed by atoms with Crippen molar-refractivity contribution in [3.05, 3.63) is 83.6 Å². The molecular formula is C23H26N2. The van der Waals surface area contributed by atoms with Gasteiger partial charge in [-0.25, -0.2) is 0 Å². The van der Waals surface area contributed by atoms with Crippen LogP contribution in [0.4, 0.5) is 11.4 Å². The first-order chi connectivity index (χ1) is 12.3. The molecule has 2 aromatic carbocycles. The first kappa shape index (κ1) is 17.2. The summed E-state index contributed by atoms with van der Waals surface area (Å²) in [6, 6.07) is 17.0. The summed E-state index contributed by atoms with van der Waals surface area (Å²) in [6.45, 7) is 2.23. The monoisotopic (exact) mass is 330 g/mol. The summed E-state index contributed by atoms with van der Waals surface area (Å²) < 4.78 is 0. The molecule has 0 radical (unpaired) electrons. The first-order valence-corrected chi connectivity index (χ1v) is 9.11. The highest BCUT2D eigenvalue weighted by Crippen LogP contribution is 2.31. The second-order valence-electron chi connectivity index (χ2n) is 6.37. The first-order valence-electron chi connectivity index (χ1n) is 9.11. The zero-order valence-corrected chi connectivity index (χ0v) is 15.2. The molecule has 0 fully saturated rings. The molecule has 0 amide bonds. The van der Waals surface area contributed by atoms with Crippen LogP contribution in [-0.4, -0.2) is 13.3 Å². The fourth-order valence-electron chi connectivity index (χ4n) is 3.22. The molecule has 0 unspecified atom stereocenters. The number of aryl methyl sites for hydroxylation is 1. The van der Waals surface area contributed by atoms with Crippen LogP contribution in [0.3, 0.4) is 0 Å². The molecule has 0 atom stereocenters. The quantitative estimate of drug-likeness (QED) is 0.588. The van der Waals surface area contributed by atoms with E-state index in [1.54, 1.807) is 0 Å². The molecule has 1 aliphatic carbocycles. The molecule has 0 heterocycles. The minimum absolute atomic E-state index is 1.06. The summed E-state index contributed by atoms with van der Waals surface area (Å²) in [4.78, 5) is 6.99. The van der Waals surface area contributed by atoms with Crippen LogP contribution in [-0.2, 0) is 6.42 Å². The summed E-state index contributed by atoms with van der Waals surface area (Å²) in [6.07, 6.45) is 12.9. The van der Waals surface area contributed by atoms with Crippen LogP contribution in [0.15, 0.2) is 77.4 Å². The van der Waals surface area contributed by atoms with Crippen molar-refractivity contribution in [2.45, 2.75) is 32.6 Å². The minimum atomic E-state index is 1.06. The number of allylic oxidation sites excluding steroid dienone is 3. The third kappa shape index (κ3) is 4.27. The van der Waals surface area contributed by atoms with Gasteiger partial charge in [0.2, 0.25) is 0 Å². The molecule has 2 aromatic rings. The highest BCUT2D eigenvalue weighted by atomic mass is 15.1. The van der Waals surface area contributed by atoms with Crippen LogP contribution in [0, 0.1) is 0 Å². The normalized spacial score (nSPS) is 13.9. The van der Waals surface area contributed by atoms with Crippen LogP contribution in [0.5, 0.6) is 0 Å². The van der Waals surface area contributed by atoms with E-state index in [1.807, 2.05) is 6.21 Å². The minimum Gasteiger partial charge on any atom is -0.344 e. The van der Waals surface area contributed by atoms with E-state index in [1.165, 1.54) is 16.9 Å². The van der Waals surface area contributed by atoms with Crippen molar-refractivity contribution in [2.24, 2.45) is 4.99 Å². The molecule has 0 saturated carbocycles. The zero-order valence-electron chi connectivity index (χ0n) is 15.2. The average Bonchev–Trinajstić information content (AvgIpc) is 2.68. The Kier molecular flexibility index (Phi) is 5.84. The molecule has 0 saturated heterocycles. The highest BCUT2D eigenvalue weighted by molar-refractivity contribution is 5.91. The molecule has 2 heteroatoms. The molecule has 25 heavy (non-hydrogen) atoms. The lowest BCUT2D eigenvalue weighted by atomic mass is 10.0. The van der Waals surface area contributed by atoms with Crippen LogP contribution in [0.2, 0.25) is 0 Å². The van der Waals surface area contributed by atoms with Crippen molar-refractivity contribution in [3.63, 3.8) is 0 Å². The van der Waals surface area contributed by atoms with Gasteiger partial charge in [-0.05, 0) is 43.0 Å². The summed E-state index contributed by atoms with van der Waals surface area (Å²) >= 11 is 0. The van der Waals surface area contributed by atoms with Gasteiger partial charge in [-0.2, -0.15) is 0 Å². The number of rotatable bonds is 6. The Labute approximate surface area is 151 Å². The van der Waals surface area contributed by atoms with Gasteiger partial charge < -0.3 is 4.90 Å². The fraction of sp³-hybridized carbons (Fsp3) is 0.261. The van der Waals surface area contributed by atoms with Gasteiger partial charge in [0.05, 0.1) is 11.4 Å². The maximum Gasteiger partial charge on any atom is 0.0586 e. The summed E-state index contributed by atoms with van der Waals surface area (Å²) in [7, 11) is 2.14. The van der Waals surface area contributed by atoms with Crippen molar-refractivity contribution in [2.75, 3.05) is 11.9 Å². The van der Waals surface area contributed by atoms with E-state index < -0.39 is 0 Å². The smallest absolute Gasteiger partial charge is 0.0586 e. The van der Waals surface area contributed by atoms with Gasteiger partial charge in [0.15, 0.2) is 0 Å². The molecule has 0 bridgehead atoms. The SMILES string of the molecule is CCCc1cccc(C=NC2=CCCC=C2)c1N(C)c1ccccc1. The van der Waals surface area contributed by atoms with E-state index in [0.717, 1.165) is 36.9 Å². The van der Waals surface area contributed by atoms with Gasteiger partial charge in [-0.3, -0.25) is 4.99 Å². The summed E-state index contributed by atoms with van der Waals surface area (Å²) in [5.41, 5.74) is 6.03. The van der Waals surface area contributed by atoms with Crippen molar-refractivity contribution >= 4 is 17.6 Å². The number of benzene rings is 2. The topological polar surface area (TPSA) is 15.6 Å². The van der Waals surface area contributed by atoms with Crippen LogP contribution >= 0.6 is 0 Å². The van der Waals surface area contributed by atoms with Crippen molar-refractivity contribution < 1.29 is 0 Å². The molecule has 0 N–H and O–H groups in total. The van der Waals surface area contributed by atoms with Gasteiger partial charge in [0.1, 0.15) is 0 Å². The Bertz CT molecular complexity index is 785. The number of anilines is 2. The Hall–Kier alpha value is -2.61. The van der Waals surface area contributed by atoms with Gasteiger partial charge in [-0.1, -0.05) is 61.9 Å². The van der Waals surface area contributed by atoms with Crippen LogP contribution < -0.4 is 4.90 Å². The number of hydrogen-bond donors (Lipinski definition) is 0. The summed E-state index contributed by atoms with van der Waals surface area (Å²) in [5, 5.41) is 0. The standard InChI is InChI=1S/C23H26N2/c1-3-11-19-12-10-13-20(18-24-21-14-6-4-7-15-21)23(19)25(2)22-16-8-5-9-17-22/h5-6,8-10,12-18H,3-4,7,11H2,1-2H3. The zero-order chi connectivity index (χ0) is 17.5. The van der Waals surface area contributed by atoms with Crippen LogP contribution in [0.25, 0.3) is 0 Å². The highest BCUT2D eigenvalue weighted by Gasteiger charge is 2.13. The van der Waals surface area contributed by atoms with E-state index in [9.17, 15) is 0 Å². The number of aliphatic imine (C=N–C) groups is 1. The van der Waals surface area contributed by atoms with E-state index in [0.29, 0.717) is 0 Å². The Morgan fingerprint density at radius 1 is 1.04 bits per heavy atom. The number of para-hydroxylation sites is 2. The predicted octanol–water partition coefficient (Wildman–Crippen LogP) is 6.06. The lowest BCUT2D eigenvalue weighted by Gasteiger charge is -2.25. The van der Waals surface area contributed by atoms with Crippen molar-refractivity contribution in [1.29, 1.82) is 0 Å². The van der Waals surface area contributed by atoms with Crippen molar-refractivity contribution in [1.82, 2.24) is 0 Å². The lowest BCUT2D eigenvalue weighted by molar-refractivity contribution is 0.916. The average molecular weight is 330 g/mol. The predicted molar refractivity (Wildman–Crippen MR) is 109 cm³/mol. The molecule has 0 spiro atoms. The van der Waals surface area contributed by atoms with E-state index in [4.69, 9.17) is 4.99 Å². The second kappa shape index (κ2) is 8.48. The third-order valence-electron chi connectivity index (χ3n) is 4.48. The largest absolute Gasteiger partial charge is 0.344 e. The van der Waals surface area contributed by atoms with Gasteiger partial charge >= 0.3 is 0 Å². The third-order valence-corrected chi connectivity index (χ3v) is 4.48. The van der Waals surface area contributed by atoms with Gasteiger partial charge in [0.25, 0.3) is 0 Å². The van der Waals surface area contributed by atoms with E-state index in [2.05, 4.69) is 85.6 Å².